The van der Waals surface area contributed by atoms with Crippen molar-refractivity contribution in [2.24, 2.45) is 29.6 Å². The molecule has 0 spiro atoms. The topological polar surface area (TPSA) is 182 Å². The lowest BCUT2D eigenvalue weighted by atomic mass is 9.78. The number of aliphatic hydroxyl groups is 4. The van der Waals surface area contributed by atoms with Crippen LogP contribution in [0.1, 0.15) is 115 Å². The molecule has 3 saturated heterocycles. The fraction of sp³-hybridized carbons (Fsp3) is 0.947. The number of hydrogen-bond donors (Lipinski definition) is 5. The molecule has 3 aliphatic rings. The number of aliphatic hydroxyl groups excluding tert-OH is 3. The zero-order valence-electron chi connectivity index (χ0n) is 33.0. The second-order valence-electron chi connectivity index (χ2n) is 16.2. The Labute approximate surface area is 305 Å². The van der Waals surface area contributed by atoms with Gasteiger partial charge in [-0.2, -0.15) is 0 Å². The van der Waals surface area contributed by atoms with Gasteiger partial charge in [0.1, 0.15) is 23.9 Å². The van der Waals surface area contributed by atoms with Crippen LogP contribution in [-0.2, 0) is 38.0 Å². The van der Waals surface area contributed by atoms with E-state index in [2.05, 4.69) is 5.32 Å². The zero-order chi connectivity index (χ0) is 38.6. The summed E-state index contributed by atoms with van der Waals surface area (Å²) in [5, 5.41) is 47.7. The number of esters is 1. The summed E-state index contributed by atoms with van der Waals surface area (Å²) < 4.78 is 38.1. The fourth-order valence-electron chi connectivity index (χ4n) is 8.19. The van der Waals surface area contributed by atoms with Gasteiger partial charge in [-0.25, -0.2) is 0 Å². The number of carbonyl (C=O) groups excluding carboxylic acids is 2. The molecule has 0 saturated carbocycles. The van der Waals surface area contributed by atoms with Gasteiger partial charge in [0.05, 0.1) is 48.1 Å². The third kappa shape index (κ3) is 10.2. The van der Waals surface area contributed by atoms with Crippen LogP contribution < -0.4 is 5.32 Å². The fourth-order valence-corrected chi connectivity index (χ4v) is 8.19. The highest BCUT2D eigenvalue weighted by Crippen LogP contribution is 2.40. The van der Waals surface area contributed by atoms with Crippen LogP contribution in [0.4, 0.5) is 0 Å². The Morgan fingerprint density at radius 2 is 1.55 bits per heavy atom. The summed E-state index contributed by atoms with van der Waals surface area (Å²) in [5.74, 6) is -3.29. The van der Waals surface area contributed by atoms with E-state index < -0.39 is 96.3 Å². The Morgan fingerprint density at radius 3 is 2.12 bits per heavy atom. The maximum Gasteiger partial charge on any atom is 0.311 e. The lowest BCUT2D eigenvalue weighted by molar-refractivity contribution is -0.311. The summed E-state index contributed by atoms with van der Waals surface area (Å²) in [7, 11) is 1.57. The minimum atomic E-state index is -1.91. The SMILES string of the molecule is CCC1CC(C)O[C@@H](O[C@@H]2[C@@H](C)[C@H](O[C@H]3CC(C)[C@@H](O)C(C)O3)C(C)C(=O)O[C@H](CC)[C@@](C)(O)[C@H](O)[C@@H](C)NC(=O)[C@H](C)CC[C@@]2(C)OC)[C@@H]1O. The zero-order valence-corrected chi connectivity index (χ0v) is 33.0. The lowest BCUT2D eigenvalue weighted by Crippen LogP contribution is -2.60. The molecule has 5 N–H and O–H groups in total. The number of amides is 1. The average Bonchev–Trinajstić information content (AvgIpc) is 3.08. The molecule has 3 aliphatic heterocycles. The molecule has 1 amide bonds. The Morgan fingerprint density at radius 1 is 0.902 bits per heavy atom. The van der Waals surface area contributed by atoms with Crippen LogP contribution in [0.15, 0.2) is 0 Å². The normalized spacial score (nSPS) is 48.5. The molecule has 3 fully saturated rings. The van der Waals surface area contributed by atoms with Gasteiger partial charge in [0, 0.05) is 25.4 Å². The van der Waals surface area contributed by atoms with Crippen LogP contribution in [0.5, 0.6) is 0 Å². The molecule has 298 valence electrons. The summed E-state index contributed by atoms with van der Waals surface area (Å²) in [5.41, 5.74) is -2.99. The van der Waals surface area contributed by atoms with Crippen LogP contribution in [0.25, 0.3) is 0 Å². The minimum Gasteiger partial charge on any atom is -0.459 e. The first-order valence-electron chi connectivity index (χ1n) is 19.2. The molecule has 3 heterocycles. The predicted molar refractivity (Wildman–Crippen MR) is 189 cm³/mol. The lowest BCUT2D eigenvalue weighted by Gasteiger charge is -2.48. The van der Waals surface area contributed by atoms with Gasteiger partial charge in [0.25, 0.3) is 0 Å². The van der Waals surface area contributed by atoms with Crippen molar-refractivity contribution in [2.75, 3.05) is 7.11 Å². The molecule has 0 bridgehead atoms. The van der Waals surface area contributed by atoms with Gasteiger partial charge in [0.2, 0.25) is 5.91 Å². The third-order valence-corrected chi connectivity index (χ3v) is 12.0. The van der Waals surface area contributed by atoms with Crippen LogP contribution in [-0.4, -0.2) is 118 Å². The van der Waals surface area contributed by atoms with Crippen molar-refractivity contribution in [3.8, 4) is 0 Å². The van der Waals surface area contributed by atoms with Crippen molar-refractivity contribution < 1.29 is 58.4 Å². The Balaban J connectivity index is 2.16. The summed E-state index contributed by atoms with van der Waals surface area (Å²) in [6, 6.07) is -0.866. The number of ether oxygens (including phenoxy) is 6. The predicted octanol–water partition coefficient (Wildman–Crippen LogP) is 3.46. The molecule has 51 heavy (non-hydrogen) atoms. The van der Waals surface area contributed by atoms with Gasteiger partial charge in [-0.3, -0.25) is 9.59 Å². The van der Waals surface area contributed by atoms with E-state index in [1.807, 2.05) is 34.6 Å². The van der Waals surface area contributed by atoms with Crippen molar-refractivity contribution in [2.45, 2.75) is 193 Å². The molecule has 3 rings (SSSR count). The smallest absolute Gasteiger partial charge is 0.311 e. The molecule has 0 aliphatic carbocycles. The number of cyclic esters (lactones) is 1. The average molecular weight is 732 g/mol. The molecule has 0 radical (unpaired) electrons. The van der Waals surface area contributed by atoms with E-state index in [-0.39, 0.29) is 30.3 Å². The summed E-state index contributed by atoms with van der Waals surface area (Å²) in [6.45, 7) is 19.6. The Hall–Kier alpha value is -1.42. The van der Waals surface area contributed by atoms with Crippen LogP contribution in [0.2, 0.25) is 0 Å². The molecule has 18 atom stereocenters. The van der Waals surface area contributed by atoms with E-state index in [0.717, 1.165) is 6.42 Å². The van der Waals surface area contributed by atoms with Crippen LogP contribution in [0.3, 0.4) is 0 Å². The minimum absolute atomic E-state index is 0.0557. The van der Waals surface area contributed by atoms with Gasteiger partial charge >= 0.3 is 5.97 Å². The van der Waals surface area contributed by atoms with Gasteiger partial charge in [-0.1, -0.05) is 41.0 Å². The monoisotopic (exact) mass is 731 g/mol. The van der Waals surface area contributed by atoms with E-state index in [9.17, 15) is 30.0 Å². The number of carbonyl (C=O) groups is 2. The van der Waals surface area contributed by atoms with Gasteiger partial charge in [0.15, 0.2) is 12.6 Å². The van der Waals surface area contributed by atoms with Crippen molar-refractivity contribution >= 4 is 11.9 Å². The molecular weight excluding hydrogens is 662 g/mol. The van der Waals surface area contributed by atoms with Crippen LogP contribution in [0, 0.1) is 29.6 Å². The Kier molecular flexibility index (Phi) is 15.8. The van der Waals surface area contributed by atoms with Crippen molar-refractivity contribution in [3.63, 3.8) is 0 Å². The molecule has 13 heteroatoms. The first kappa shape index (κ1) is 44.0. The first-order chi connectivity index (χ1) is 23.7. The van der Waals surface area contributed by atoms with Gasteiger partial charge < -0.3 is 54.2 Å². The molecule has 13 nitrogen and oxygen atoms in total. The third-order valence-electron chi connectivity index (χ3n) is 12.0. The maximum absolute atomic E-state index is 14.1. The quantitative estimate of drug-likeness (QED) is 0.241. The molecular formula is C38H69NO12. The highest BCUT2D eigenvalue weighted by Gasteiger charge is 2.51. The molecule has 0 aromatic rings. The van der Waals surface area contributed by atoms with E-state index in [0.29, 0.717) is 25.7 Å². The first-order valence-corrected chi connectivity index (χ1v) is 19.2. The van der Waals surface area contributed by atoms with Crippen molar-refractivity contribution in [1.29, 1.82) is 0 Å². The van der Waals surface area contributed by atoms with Gasteiger partial charge in [-0.15, -0.1) is 0 Å². The molecule has 0 aromatic heterocycles. The number of hydrogen-bond acceptors (Lipinski definition) is 12. The second kappa shape index (κ2) is 18.3. The van der Waals surface area contributed by atoms with E-state index in [1.165, 1.54) is 6.92 Å². The van der Waals surface area contributed by atoms with E-state index in [4.69, 9.17) is 28.4 Å². The summed E-state index contributed by atoms with van der Waals surface area (Å²) >= 11 is 0. The summed E-state index contributed by atoms with van der Waals surface area (Å²) in [4.78, 5) is 27.6. The Bertz CT molecular complexity index is 1110. The highest BCUT2D eigenvalue weighted by molar-refractivity contribution is 5.78. The van der Waals surface area contributed by atoms with Crippen LogP contribution >= 0.6 is 0 Å². The molecule has 5 unspecified atom stereocenters. The number of rotatable bonds is 7. The van der Waals surface area contributed by atoms with Crippen molar-refractivity contribution in [1.82, 2.24) is 5.32 Å². The summed E-state index contributed by atoms with van der Waals surface area (Å²) in [6.07, 6.45) is -5.77. The number of methoxy groups -OCH3 is 1. The number of nitrogens with one attached hydrogen (secondary N) is 1. The standard InChI is InChI=1S/C38H69NO12/c1-13-26-18-21(5)47-36(30(26)41)51-33-22(6)31(50-28-17-20(4)29(40)25(9)48-28)23(7)35(44)49-27(14-2)38(11,45)32(42)24(8)39-34(43)19(3)15-16-37(33,10)46-12/h19-33,36,40-42,45H,13-18H2,1-12H3,(H,39,43)/t19-,20?,21?,22+,23?,24-,25?,26?,27-,28+,29-,30-,31+,32-,33-,36+,37-,38-/m1/s1. The van der Waals surface area contributed by atoms with Crippen molar-refractivity contribution in [3.05, 3.63) is 0 Å². The molecule has 0 aromatic carbocycles. The second-order valence-corrected chi connectivity index (χ2v) is 16.2. The van der Waals surface area contributed by atoms with E-state index in [1.54, 1.807) is 41.7 Å². The maximum atomic E-state index is 14.1. The van der Waals surface area contributed by atoms with E-state index >= 15 is 0 Å². The largest absolute Gasteiger partial charge is 0.459 e. The highest BCUT2D eigenvalue weighted by atomic mass is 16.7. The van der Waals surface area contributed by atoms with Gasteiger partial charge in [-0.05, 0) is 79.1 Å².